The minimum absolute atomic E-state index is 0.505. The van der Waals surface area contributed by atoms with Gasteiger partial charge in [0.1, 0.15) is 11.5 Å². The van der Waals surface area contributed by atoms with Crippen LogP contribution in [0.2, 0.25) is 20.1 Å². The molecule has 23 heavy (non-hydrogen) atoms. The van der Waals surface area contributed by atoms with Crippen LogP contribution in [-0.4, -0.2) is 0 Å². The molecule has 0 amide bonds. The average molecular weight is 387 g/mol. The highest BCUT2D eigenvalue weighted by molar-refractivity contribution is 6.42. The van der Waals surface area contributed by atoms with Crippen LogP contribution in [-0.2, 0) is 6.54 Å². The van der Waals surface area contributed by atoms with Crippen molar-refractivity contribution in [3.8, 4) is 11.3 Å². The van der Waals surface area contributed by atoms with Crippen molar-refractivity contribution in [3.05, 3.63) is 74.4 Å². The van der Waals surface area contributed by atoms with Gasteiger partial charge in [0.05, 0.1) is 16.6 Å². The van der Waals surface area contributed by atoms with Crippen LogP contribution < -0.4 is 5.32 Å². The Morgan fingerprint density at radius 1 is 0.783 bits per heavy atom. The molecule has 3 rings (SSSR count). The summed E-state index contributed by atoms with van der Waals surface area (Å²) >= 11 is 23.9. The third-order valence-electron chi connectivity index (χ3n) is 3.20. The highest BCUT2D eigenvalue weighted by atomic mass is 35.5. The maximum atomic E-state index is 6.01. The van der Waals surface area contributed by atoms with Gasteiger partial charge in [-0.3, -0.25) is 0 Å². The van der Waals surface area contributed by atoms with Gasteiger partial charge in [-0.15, -0.1) is 0 Å². The van der Waals surface area contributed by atoms with Gasteiger partial charge in [0.2, 0.25) is 0 Å². The van der Waals surface area contributed by atoms with Crippen LogP contribution in [0, 0.1) is 0 Å². The number of halogens is 4. The predicted molar refractivity (Wildman–Crippen MR) is 98.0 cm³/mol. The Kier molecular flexibility index (Phi) is 5.08. The Labute approximate surface area is 153 Å². The molecule has 3 aromatic rings. The summed E-state index contributed by atoms with van der Waals surface area (Å²) in [6, 6.07) is 14.4. The lowest BCUT2D eigenvalue weighted by atomic mass is 10.2. The van der Waals surface area contributed by atoms with E-state index < -0.39 is 0 Å². The summed E-state index contributed by atoms with van der Waals surface area (Å²) in [4.78, 5) is 0. The van der Waals surface area contributed by atoms with Crippen LogP contribution >= 0.6 is 46.4 Å². The maximum Gasteiger partial charge on any atom is 0.134 e. The first-order valence-corrected chi connectivity index (χ1v) is 8.26. The fourth-order valence-corrected chi connectivity index (χ4v) is 2.94. The van der Waals surface area contributed by atoms with Crippen molar-refractivity contribution in [2.75, 3.05) is 5.32 Å². The zero-order valence-electron chi connectivity index (χ0n) is 11.7. The molecule has 0 spiro atoms. The molecular formula is C17H11Cl4NO. The van der Waals surface area contributed by atoms with E-state index in [1.807, 2.05) is 30.3 Å². The van der Waals surface area contributed by atoms with E-state index in [0.29, 0.717) is 32.4 Å². The molecule has 2 aromatic carbocycles. The maximum absolute atomic E-state index is 6.01. The van der Waals surface area contributed by atoms with E-state index >= 15 is 0 Å². The van der Waals surface area contributed by atoms with E-state index in [1.54, 1.807) is 18.2 Å². The molecule has 2 nitrogen and oxygen atoms in total. The van der Waals surface area contributed by atoms with Crippen molar-refractivity contribution in [2.45, 2.75) is 6.54 Å². The summed E-state index contributed by atoms with van der Waals surface area (Å²) in [6.45, 7) is 0.520. The monoisotopic (exact) mass is 385 g/mol. The van der Waals surface area contributed by atoms with E-state index in [0.717, 1.165) is 17.0 Å². The Balaban J connectivity index is 1.73. The van der Waals surface area contributed by atoms with Crippen molar-refractivity contribution in [1.29, 1.82) is 0 Å². The Morgan fingerprint density at radius 3 is 2.22 bits per heavy atom. The van der Waals surface area contributed by atoms with E-state index in [2.05, 4.69) is 5.32 Å². The molecule has 1 N–H and O–H groups in total. The van der Waals surface area contributed by atoms with Crippen molar-refractivity contribution < 1.29 is 4.42 Å². The molecule has 1 aromatic heterocycles. The van der Waals surface area contributed by atoms with E-state index in [4.69, 9.17) is 50.8 Å². The highest BCUT2D eigenvalue weighted by Gasteiger charge is 2.07. The summed E-state index contributed by atoms with van der Waals surface area (Å²) in [7, 11) is 0. The summed E-state index contributed by atoms with van der Waals surface area (Å²) in [5, 5.41) is 5.39. The van der Waals surface area contributed by atoms with Gasteiger partial charge in [0.25, 0.3) is 0 Å². The molecule has 0 saturated heterocycles. The van der Waals surface area contributed by atoms with Gasteiger partial charge in [0.15, 0.2) is 0 Å². The summed E-state index contributed by atoms with van der Waals surface area (Å²) in [5.74, 6) is 1.49. The van der Waals surface area contributed by atoms with Crippen molar-refractivity contribution in [3.63, 3.8) is 0 Å². The lowest BCUT2D eigenvalue weighted by molar-refractivity contribution is 0.531. The standard InChI is InChI=1S/C17H11Cl4NO/c18-11-5-10(6-12(19)7-11)17-4-2-14(23-17)9-22-13-1-3-15(20)16(21)8-13/h1-8,22H,9H2. The fourth-order valence-electron chi connectivity index (χ4n) is 2.12. The molecule has 6 heteroatoms. The first-order valence-electron chi connectivity index (χ1n) is 6.75. The van der Waals surface area contributed by atoms with Crippen molar-refractivity contribution in [2.24, 2.45) is 0 Å². The molecule has 0 saturated carbocycles. The smallest absolute Gasteiger partial charge is 0.134 e. The topological polar surface area (TPSA) is 25.2 Å². The van der Waals surface area contributed by atoms with Crippen molar-refractivity contribution >= 4 is 52.1 Å². The number of anilines is 1. The van der Waals surface area contributed by atoms with Crippen LogP contribution in [0.15, 0.2) is 52.9 Å². The number of nitrogens with one attached hydrogen (secondary N) is 1. The van der Waals surface area contributed by atoms with Crippen LogP contribution in [0.1, 0.15) is 5.76 Å². The van der Waals surface area contributed by atoms with E-state index in [-0.39, 0.29) is 0 Å². The molecule has 118 valence electrons. The molecule has 1 heterocycles. The average Bonchev–Trinajstić information content (AvgIpc) is 2.96. The highest BCUT2D eigenvalue weighted by Crippen LogP contribution is 2.29. The van der Waals surface area contributed by atoms with Gasteiger partial charge in [-0.25, -0.2) is 0 Å². The van der Waals surface area contributed by atoms with Crippen LogP contribution in [0.4, 0.5) is 5.69 Å². The molecule has 0 aliphatic rings. The molecule has 0 fully saturated rings. The van der Waals surface area contributed by atoms with Gasteiger partial charge in [-0.05, 0) is 48.5 Å². The number of furan rings is 1. The van der Waals surface area contributed by atoms with Crippen LogP contribution in [0.3, 0.4) is 0 Å². The quantitative estimate of drug-likeness (QED) is 0.513. The SMILES string of the molecule is Clc1cc(Cl)cc(-c2ccc(CNc3ccc(Cl)c(Cl)c3)o2)c1. The van der Waals surface area contributed by atoms with Crippen LogP contribution in [0.5, 0.6) is 0 Å². The lowest BCUT2D eigenvalue weighted by Crippen LogP contribution is -1.97. The summed E-state index contributed by atoms with van der Waals surface area (Å²) in [5.41, 5.74) is 1.70. The predicted octanol–water partition coefficient (Wildman–Crippen LogP) is 7.17. The molecular weight excluding hydrogens is 376 g/mol. The van der Waals surface area contributed by atoms with Gasteiger partial charge in [0, 0.05) is 21.3 Å². The minimum atomic E-state index is 0.505. The lowest BCUT2D eigenvalue weighted by Gasteiger charge is -2.06. The number of hydrogen-bond acceptors (Lipinski definition) is 2. The molecule has 0 aliphatic heterocycles. The normalized spacial score (nSPS) is 10.8. The van der Waals surface area contributed by atoms with Gasteiger partial charge in [-0.2, -0.15) is 0 Å². The first-order chi connectivity index (χ1) is 11.0. The van der Waals surface area contributed by atoms with Crippen molar-refractivity contribution in [1.82, 2.24) is 0 Å². The zero-order chi connectivity index (χ0) is 16.4. The van der Waals surface area contributed by atoms with Gasteiger partial charge >= 0.3 is 0 Å². The zero-order valence-corrected chi connectivity index (χ0v) is 14.8. The largest absolute Gasteiger partial charge is 0.459 e. The Morgan fingerprint density at radius 2 is 1.52 bits per heavy atom. The second-order valence-electron chi connectivity index (χ2n) is 4.91. The minimum Gasteiger partial charge on any atom is -0.459 e. The second-order valence-corrected chi connectivity index (χ2v) is 6.59. The third-order valence-corrected chi connectivity index (χ3v) is 4.37. The third kappa shape index (κ3) is 4.15. The van der Waals surface area contributed by atoms with Gasteiger partial charge in [-0.1, -0.05) is 46.4 Å². The molecule has 0 atom stereocenters. The number of benzene rings is 2. The Bertz CT molecular complexity index is 824. The molecule has 0 aliphatic carbocycles. The number of rotatable bonds is 4. The number of hydrogen-bond donors (Lipinski definition) is 1. The molecule has 0 bridgehead atoms. The molecule has 0 unspecified atom stereocenters. The fraction of sp³-hybridized carbons (Fsp3) is 0.0588. The summed E-state index contributed by atoms with van der Waals surface area (Å²) < 4.78 is 5.82. The first kappa shape index (κ1) is 16.5. The van der Waals surface area contributed by atoms with E-state index in [9.17, 15) is 0 Å². The van der Waals surface area contributed by atoms with Crippen LogP contribution in [0.25, 0.3) is 11.3 Å². The molecule has 0 radical (unpaired) electrons. The second kappa shape index (κ2) is 7.06. The van der Waals surface area contributed by atoms with Gasteiger partial charge < -0.3 is 9.73 Å². The van der Waals surface area contributed by atoms with E-state index in [1.165, 1.54) is 0 Å². The Hall–Kier alpha value is -1.32. The summed E-state index contributed by atoms with van der Waals surface area (Å²) in [6.07, 6.45) is 0.